The second kappa shape index (κ2) is 8.00. The smallest absolute Gasteiger partial charge is 0.119 e. The Kier molecular flexibility index (Phi) is 6.65. The molecule has 0 radical (unpaired) electrons. The molecule has 1 aromatic rings. The van der Waals surface area contributed by atoms with E-state index in [1.165, 1.54) is 5.56 Å². The summed E-state index contributed by atoms with van der Waals surface area (Å²) in [6.45, 7) is 14.1. The Balaban J connectivity index is 2.41. The molecule has 0 aliphatic heterocycles. The average molecular weight is 261 g/mol. The van der Waals surface area contributed by atoms with Gasteiger partial charge in [0.15, 0.2) is 0 Å². The summed E-state index contributed by atoms with van der Waals surface area (Å²) in [6.07, 6.45) is 1.05. The van der Waals surface area contributed by atoms with Crippen LogP contribution in [0, 0.1) is 5.92 Å². The highest BCUT2D eigenvalue weighted by Gasteiger charge is 2.04. The van der Waals surface area contributed by atoms with Gasteiger partial charge in [-0.25, -0.2) is 0 Å². The number of nitrogens with one attached hydrogen (secondary N) is 1. The highest BCUT2D eigenvalue weighted by Crippen LogP contribution is 2.14. The summed E-state index contributed by atoms with van der Waals surface area (Å²) in [5, 5.41) is 3.54. The molecule has 0 aliphatic rings. The van der Waals surface area contributed by atoms with E-state index < -0.39 is 0 Å². The summed E-state index contributed by atoms with van der Waals surface area (Å²) in [5.41, 5.74) is 2.38. The first-order chi connectivity index (χ1) is 8.97. The SMILES string of the molecule is C=C(C)COc1ccc(CC(C)NCC(C)C)cc1. The normalized spacial score (nSPS) is 12.5. The number of benzene rings is 1. The van der Waals surface area contributed by atoms with Crippen molar-refractivity contribution in [2.75, 3.05) is 13.2 Å². The minimum atomic E-state index is 0.504. The van der Waals surface area contributed by atoms with Crippen molar-refractivity contribution < 1.29 is 4.74 Å². The molecule has 0 heterocycles. The Morgan fingerprint density at radius 3 is 2.37 bits per heavy atom. The predicted molar refractivity (Wildman–Crippen MR) is 82.8 cm³/mol. The second-order valence-electron chi connectivity index (χ2n) is 5.80. The van der Waals surface area contributed by atoms with Gasteiger partial charge in [0.05, 0.1) is 0 Å². The van der Waals surface area contributed by atoms with E-state index in [1.54, 1.807) is 0 Å². The van der Waals surface area contributed by atoms with Gasteiger partial charge >= 0.3 is 0 Å². The largest absolute Gasteiger partial charge is 0.489 e. The summed E-state index contributed by atoms with van der Waals surface area (Å²) in [4.78, 5) is 0. The van der Waals surface area contributed by atoms with Gasteiger partial charge in [0.1, 0.15) is 12.4 Å². The second-order valence-corrected chi connectivity index (χ2v) is 5.80. The molecule has 0 amide bonds. The molecule has 2 heteroatoms. The molecule has 0 spiro atoms. The van der Waals surface area contributed by atoms with Crippen LogP contribution in [0.15, 0.2) is 36.4 Å². The first-order valence-corrected chi connectivity index (χ1v) is 7.07. The van der Waals surface area contributed by atoms with Gasteiger partial charge in [-0.1, -0.05) is 32.6 Å². The lowest BCUT2D eigenvalue weighted by molar-refractivity contribution is 0.352. The van der Waals surface area contributed by atoms with Crippen LogP contribution >= 0.6 is 0 Å². The first kappa shape index (κ1) is 15.8. The van der Waals surface area contributed by atoms with Gasteiger partial charge < -0.3 is 10.1 Å². The highest BCUT2D eigenvalue weighted by atomic mass is 16.5. The van der Waals surface area contributed by atoms with Gasteiger partial charge in [0.2, 0.25) is 0 Å². The predicted octanol–water partition coefficient (Wildman–Crippen LogP) is 3.82. The Labute approximate surface area is 117 Å². The molecule has 1 atom stereocenters. The van der Waals surface area contributed by atoms with Crippen molar-refractivity contribution in [2.45, 2.75) is 40.2 Å². The van der Waals surface area contributed by atoms with Crippen LogP contribution in [0.5, 0.6) is 5.75 Å². The van der Waals surface area contributed by atoms with Crippen molar-refractivity contribution in [3.63, 3.8) is 0 Å². The topological polar surface area (TPSA) is 21.3 Å². The van der Waals surface area contributed by atoms with Crippen molar-refractivity contribution >= 4 is 0 Å². The lowest BCUT2D eigenvalue weighted by atomic mass is 10.1. The fourth-order valence-electron chi connectivity index (χ4n) is 1.79. The van der Waals surface area contributed by atoms with Gasteiger partial charge in [0.25, 0.3) is 0 Å². The molecule has 0 aromatic heterocycles. The molecule has 1 unspecified atom stereocenters. The summed E-state index contributed by atoms with van der Waals surface area (Å²) in [6, 6.07) is 8.85. The van der Waals surface area contributed by atoms with Crippen LogP contribution in [-0.2, 0) is 6.42 Å². The molecule has 2 nitrogen and oxygen atoms in total. The maximum Gasteiger partial charge on any atom is 0.119 e. The van der Waals surface area contributed by atoms with E-state index in [4.69, 9.17) is 4.74 Å². The van der Waals surface area contributed by atoms with E-state index >= 15 is 0 Å². The van der Waals surface area contributed by atoms with Crippen molar-refractivity contribution in [1.82, 2.24) is 5.32 Å². The summed E-state index contributed by atoms with van der Waals surface area (Å²) >= 11 is 0. The van der Waals surface area contributed by atoms with Crippen LogP contribution in [0.4, 0.5) is 0 Å². The number of hydrogen-bond acceptors (Lipinski definition) is 2. The van der Waals surface area contributed by atoms with Crippen LogP contribution in [-0.4, -0.2) is 19.2 Å². The Morgan fingerprint density at radius 2 is 1.84 bits per heavy atom. The van der Waals surface area contributed by atoms with Crippen molar-refractivity contribution in [2.24, 2.45) is 5.92 Å². The van der Waals surface area contributed by atoms with Crippen LogP contribution in [0.2, 0.25) is 0 Å². The molecule has 1 rings (SSSR count). The molecule has 19 heavy (non-hydrogen) atoms. The molecular weight excluding hydrogens is 234 g/mol. The maximum absolute atomic E-state index is 5.59. The third-order valence-corrected chi connectivity index (χ3v) is 2.83. The number of hydrogen-bond donors (Lipinski definition) is 1. The molecule has 0 bridgehead atoms. The van der Waals surface area contributed by atoms with Gasteiger partial charge in [-0.2, -0.15) is 0 Å². The standard InChI is InChI=1S/C17H27NO/c1-13(2)11-18-15(5)10-16-6-8-17(9-7-16)19-12-14(3)4/h6-9,13,15,18H,3,10-12H2,1-2,4-5H3. The Bertz CT molecular complexity index is 381. The molecule has 0 saturated heterocycles. The van der Waals surface area contributed by atoms with Gasteiger partial charge in [-0.15, -0.1) is 0 Å². The van der Waals surface area contributed by atoms with Crippen molar-refractivity contribution in [1.29, 1.82) is 0 Å². The van der Waals surface area contributed by atoms with Crippen LogP contribution < -0.4 is 10.1 Å². The fraction of sp³-hybridized carbons (Fsp3) is 0.529. The van der Waals surface area contributed by atoms with Crippen molar-refractivity contribution in [3.8, 4) is 5.75 Å². The minimum Gasteiger partial charge on any atom is -0.489 e. The van der Waals surface area contributed by atoms with Crippen molar-refractivity contribution in [3.05, 3.63) is 42.0 Å². The fourth-order valence-corrected chi connectivity index (χ4v) is 1.79. The van der Waals surface area contributed by atoms with E-state index in [2.05, 4.69) is 44.8 Å². The minimum absolute atomic E-state index is 0.504. The van der Waals surface area contributed by atoms with Crippen LogP contribution in [0.25, 0.3) is 0 Å². The Hall–Kier alpha value is -1.28. The third kappa shape index (κ3) is 7.02. The number of rotatable bonds is 8. The van der Waals surface area contributed by atoms with E-state index in [9.17, 15) is 0 Å². The molecule has 1 aromatic carbocycles. The molecule has 0 saturated carbocycles. The van der Waals surface area contributed by atoms with Gasteiger partial charge in [-0.05, 0) is 56.0 Å². The van der Waals surface area contributed by atoms with E-state index in [0.717, 1.165) is 24.3 Å². The molecule has 1 N–H and O–H groups in total. The van der Waals surface area contributed by atoms with Crippen LogP contribution in [0.3, 0.4) is 0 Å². The molecule has 0 fully saturated rings. The summed E-state index contributed by atoms with van der Waals surface area (Å²) in [5.74, 6) is 1.61. The summed E-state index contributed by atoms with van der Waals surface area (Å²) < 4.78 is 5.59. The molecular formula is C17H27NO. The molecule has 0 aliphatic carbocycles. The van der Waals surface area contributed by atoms with Gasteiger partial charge in [0, 0.05) is 6.04 Å². The van der Waals surface area contributed by atoms with Gasteiger partial charge in [-0.3, -0.25) is 0 Å². The maximum atomic E-state index is 5.59. The number of ether oxygens (including phenoxy) is 1. The average Bonchev–Trinajstić information content (AvgIpc) is 2.35. The Morgan fingerprint density at radius 1 is 1.21 bits per heavy atom. The lowest BCUT2D eigenvalue weighted by Crippen LogP contribution is -2.31. The van der Waals surface area contributed by atoms with E-state index in [1.807, 2.05) is 19.1 Å². The zero-order chi connectivity index (χ0) is 14.3. The zero-order valence-corrected chi connectivity index (χ0v) is 12.7. The molecule has 106 valence electrons. The van der Waals surface area contributed by atoms with E-state index in [0.29, 0.717) is 18.6 Å². The third-order valence-electron chi connectivity index (χ3n) is 2.83. The zero-order valence-electron chi connectivity index (χ0n) is 12.7. The summed E-state index contributed by atoms with van der Waals surface area (Å²) in [7, 11) is 0. The van der Waals surface area contributed by atoms with E-state index in [-0.39, 0.29) is 0 Å². The monoisotopic (exact) mass is 261 g/mol. The lowest BCUT2D eigenvalue weighted by Gasteiger charge is -2.15. The van der Waals surface area contributed by atoms with Crippen LogP contribution in [0.1, 0.15) is 33.3 Å². The first-order valence-electron chi connectivity index (χ1n) is 7.07. The quantitative estimate of drug-likeness (QED) is 0.718. The highest BCUT2D eigenvalue weighted by molar-refractivity contribution is 5.28.